The third-order valence-electron chi connectivity index (χ3n) is 5.96. The first-order valence-corrected chi connectivity index (χ1v) is 11.4. The molecule has 0 radical (unpaired) electrons. The molecule has 7 nitrogen and oxygen atoms in total. The number of nitrogens with zero attached hydrogens (tertiary/aromatic N) is 1. The maximum Gasteiger partial charge on any atom is 0.408 e. The van der Waals surface area contributed by atoms with Crippen molar-refractivity contribution in [1.29, 1.82) is 0 Å². The van der Waals surface area contributed by atoms with Crippen LogP contribution in [-0.2, 0) is 9.53 Å². The van der Waals surface area contributed by atoms with E-state index in [0.29, 0.717) is 11.6 Å². The summed E-state index contributed by atoms with van der Waals surface area (Å²) in [6.07, 6.45) is 3.35. The quantitative estimate of drug-likeness (QED) is 0.628. The van der Waals surface area contributed by atoms with Gasteiger partial charge in [0, 0.05) is 11.3 Å². The van der Waals surface area contributed by atoms with Crippen LogP contribution in [0.5, 0.6) is 0 Å². The molecule has 1 aromatic heterocycles. The lowest BCUT2D eigenvalue weighted by molar-refractivity contribution is -0.119. The first-order valence-electron chi connectivity index (χ1n) is 11.4. The number of carbonyl (C=O) groups is 2. The zero-order valence-corrected chi connectivity index (χ0v) is 20.0. The summed E-state index contributed by atoms with van der Waals surface area (Å²) < 4.78 is 10.7. The Labute approximate surface area is 190 Å². The second kappa shape index (κ2) is 9.76. The normalized spacial score (nSPS) is 19.8. The predicted molar refractivity (Wildman–Crippen MR) is 124 cm³/mol. The average Bonchev–Trinajstić information content (AvgIpc) is 3.04. The fourth-order valence-electron chi connectivity index (χ4n) is 4.29. The molecule has 1 aromatic carbocycles. The molecule has 0 bridgehead atoms. The maximum absolute atomic E-state index is 13.2. The lowest BCUT2D eigenvalue weighted by Gasteiger charge is -2.33. The lowest BCUT2D eigenvalue weighted by Crippen LogP contribution is -2.50. The number of aryl methyl sites for hydroxylation is 2. The van der Waals surface area contributed by atoms with Crippen LogP contribution >= 0.6 is 0 Å². The number of hydrogen-bond acceptors (Lipinski definition) is 5. The van der Waals surface area contributed by atoms with E-state index in [1.165, 1.54) is 0 Å². The summed E-state index contributed by atoms with van der Waals surface area (Å²) in [4.78, 5) is 25.7. The van der Waals surface area contributed by atoms with Crippen LogP contribution in [0.3, 0.4) is 0 Å². The molecule has 0 saturated heterocycles. The van der Waals surface area contributed by atoms with Crippen LogP contribution in [0.1, 0.15) is 64.8 Å². The van der Waals surface area contributed by atoms with Gasteiger partial charge in [0.15, 0.2) is 0 Å². The molecule has 1 atom stereocenters. The SMILES string of the molecule is Cc1noc(C)c1-c1ccc(NC(=O)[C@@H](NC(=O)OC(C)(C)C)C2CCC(C)CC2)cc1. The summed E-state index contributed by atoms with van der Waals surface area (Å²) in [6, 6.07) is 6.93. The van der Waals surface area contributed by atoms with E-state index >= 15 is 0 Å². The van der Waals surface area contributed by atoms with Gasteiger partial charge in [-0.2, -0.15) is 0 Å². The Morgan fingerprint density at radius 1 is 1.09 bits per heavy atom. The van der Waals surface area contributed by atoms with E-state index in [-0.39, 0.29) is 11.8 Å². The lowest BCUT2D eigenvalue weighted by atomic mass is 9.79. The Morgan fingerprint density at radius 2 is 1.72 bits per heavy atom. The molecule has 1 aliphatic rings. The molecule has 32 heavy (non-hydrogen) atoms. The van der Waals surface area contributed by atoms with Gasteiger partial charge in [0.2, 0.25) is 5.91 Å². The van der Waals surface area contributed by atoms with Gasteiger partial charge in [0.25, 0.3) is 0 Å². The third-order valence-corrected chi connectivity index (χ3v) is 5.96. The fraction of sp³-hybridized carbons (Fsp3) is 0.560. The van der Waals surface area contributed by atoms with E-state index in [1.54, 1.807) is 0 Å². The molecule has 1 fully saturated rings. The largest absolute Gasteiger partial charge is 0.444 e. The molecule has 1 saturated carbocycles. The van der Waals surface area contributed by atoms with E-state index in [9.17, 15) is 9.59 Å². The summed E-state index contributed by atoms with van der Waals surface area (Å²) >= 11 is 0. The maximum atomic E-state index is 13.2. The predicted octanol–water partition coefficient (Wildman–Crippen LogP) is 5.62. The van der Waals surface area contributed by atoms with Gasteiger partial charge in [-0.05, 0) is 77.0 Å². The van der Waals surface area contributed by atoms with Gasteiger partial charge >= 0.3 is 6.09 Å². The minimum Gasteiger partial charge on any atom is -0.444 e. The Hall–Kier alpha value is -2.83. The van der Waals surface area contributed by atoms with Crippen LogP contribution in [0, 0.1) is 25.7 Å². The van der Waals surface area contributed by atoms with Crippen LogP contribution in [0.25, 0.3) is 11.1 Å². The van der Waals surface area contributed by atoms with Crippen molar-refractivity contribution in [3.8, 4) is 11.1 Å². The van der Waals surface area contributed by atoms with Crippen molar-refractivity contribution in [1.82, 2.24) is 10.5 Å². The molecule has 0 aliphatic heterocycles. The third kappa shape index (κ3) is 6.11. The molecular weight excluding hydrogens is 406 g/mol. The highest BCUT2D eigenvalue weighted by atomic mass is 16.6. The van der Waals surface area contributed by atoms with Crippen LogP contribution in [0.4, 0.5) is 10.5 Å². The van der Waals surface area contributed by atoms with Crippen molar-refractivity contribution in [2.75, 3.05) is 5.32 Å². The van der Waals surface area contributed by atoms with Gasteiger partial charge in [0.05, 0.1) is 5.69 Å². The molecule has 0 spiro atoms. The molecule has 2 aromatic rings. The van der Waals surface area contributed by atoms with Crippen molar-refractivity contribution < 1.29 is 18.8 Å². The second-order valence-electron chi connectivity index (χ2n) is 9.91. The Bertz CT molecular complexity index is 916. The van der Waals surface area contributed by atoms with Gasteiger partial charge in [-0.25, -0.2) is 4.79 Å². The van der Waals surface area contributed by atoms with Gasteiger partial charge in [0.1, 0.15) is 17.4 Å². The number of carbonyl (C=O) groups excluding carboxylic acids is 2. The van der Waals surface area contributed by atoms with Crippen LogP contribution in [0.15, 0.2) is 28.8 Å². The van der Waals surface area contributed by atoms with Crippen LogP contribution in [-0.4, -0.2) is 28.8 Å². The summed E-state index contributed by atoms with van der Waals surface area (Å²) in [5.41, 5.74) is 2.81. The number of alkyl carbamates (subject to hydrolysis) is 1. The van der Waals surface area contributed by atoms with Gasteiger partial charge < -0.3 is 19.9 Å². The molecule has 2 amide bonds. The molecule has 174 valence electrons. The van der Waals surface area contributed by atoms with Crippen LogP contribution < -0.4 is 10.6 Å². The summed E-state index contributed by atoms with van der Waals surface area (Å²) in [5.74, 6) is 1.27. The minimum absolute atomic E-state index is 0.0836. The van der Waals surface area contributed by atoms with Crippen molar-refractivity contribution in [2.24, 2.45) is 11.8 Å². The molecule has 3 rings (SSSR count). The molecule has 1 aliphatic carbocycles. The topological polar surface area (TPSA) is 93.5 Å². The highest BCUT2D eigenvalue weighted by Gasteiger charge is 2.33. The minimum atomic E-state index is -0.639. The van der Waals surface area contributed by atoms with Gasteiger partial charge in [-0.3, -0.25) is 4.79 Å². The van der Waals surface area contributed by atoms with Crippen LogP contribution in [0.2, 0.25) is 0 Å². The standard InChI is InChI=1S/C25H35N3O4/c1-15-7-9-19(10-8-15)22(27-24(30)31-25(4,5)6)23(29)26-20-13-11-18(12-14-20)21-16(2)28-32-17(21)3/h11-15,19,22H,7-10H2,1-6H3,(H,26,29)(H,27,30)/t15?,19?,22-/m0/s1. The van der Waals surface area contributed by atoms with Crippen molar-refractivity contribution >= 4 is 17.7 Å². The van der Waals surface area contributed by atoms with Gasteiger partial charge in [-0.15, -0.1) is 0 Å². The number of ether oxygens (including phenoxy) is 1. The van der Waals surface area contributed by atoms with Crippen molar-refractivity contribution in [3.05, 3.63) is 35.7 Å². The highest BCUT2D eigenvalue weighted by molar-refractivity contribution is 5.97. The number of rotatable bonds is 5. The summed E-state index contributed by atoms with van der Waals surface area (Å²) in [6.45, 7) is 11.4. The number of amides is 2. The number of benzene rings is 1. The summed E-state index contributed by atoms with van der Waals surface area (Å²) in [7, 11) is 0. The van der Waals surface area contributed by atoms with E-state index in [1.807, 2.05) is 58.9 Å². The average molecular weight is 442 g/mol. The molecule has 2 N–H and O–H groups in total. The smallest absolute Gasteiger partial charge is 0.408 e. The number of aromatic nitrogens is 1. The van der Waals surface area contributed by atoms with E-state index in [4.69, 9.17) is 9.26 Å². The molecule has 7 heteroatoms. The van der Waals surface area contributed by atoms with E-state index < -0.39 is 17.7 Å². The van der Waals surface area contributed by atoms with Gasteiger partial charge in [-0.1, -0.05) is 37.1 Å². The Morgan fingerprint density at radius 3 is 2.25 bits per heavy atom. The highest BCUT2D eigenvalue weighted by Crippen LogP contribution is 2.32. The van der Waals surface area contributed by atoms with Crippen molar-refractivity contribution in [2.45, 2.75) is 78.9 Å². The monoisotopic (exact) mass is 441 g/mol. The fourth-order valence-corrected chi connectivity index (χ4v) is 4.29. The Balaban J connectivity index is 1.73. The van der Waals surface area contributed by atoms with Crippen molar-refractivity contribution in [3.63, 3.8) is 0 Å². The molecule has 0 unspecified atom stereocenters. The molecular formula is C25H35N3O4. The zero-order valence-electron chi connectivity index (χ0n) is 20.0. The summed E-state index contributed by atoms with van der Waals surface area (Å²) in [5, 5.41) is 9.80. The van der Waals surface area contributed by atoms with E-state index in [2.05, 4.69) is 22.7 Å². The first-order chi connectivity index (χ1) is 15.0. The molecule has 1 heterocycles. The van der Waals surface area contributed by atoms with E-state index in [0.717, 1.165) is 48.3 Å². The Kier molecular flexibility index (Phi) is 7.26. The zero-order chi connectivity index (χ0) is 23.5. The first kappa shape index (κ1) is 23.8. The number of anilines is 1. The number of nitrogens with one attached hydrogen (secondary N) is 2. The number of hydrogen-bond donors (Lipinski definition) is 2. The second-order valence-corrected chi connectivity index (χ2v) is 9.91.